The molecule has 0 bridgehead atoms. The van der Waals surface area contributed by atoms with Gasteiger partial charge in [-0.1, -0.05) is 30.2 Å². The number of ether oxygens (including phenoxy) is 1. The van der Waals surface area contributed by atoms with Crippen LogP contribution in [0.2, 0.25) is 0 Å². The highest BCUT2D eigenvalue weighted by Gasteiger charge is 2.04. The second-order valence-corrected chi connectivity index (χ2v) is 5.26. The number of alkyl halides is 1. The average molecular weight is 351 g/mol. The minimum atomic E-state index is -0.280. The Labute approximate surface area is 151 Å². The maximum atomic E-state index is 11.3. The van der Waals surface area contributed by atoms with Gasteiger partial charge in [0.25, 0.3) is 0 Å². The van der Waals surface area contributed by atoms with Crippen molar-refractivity contribution in [3.05, 3.63) is 59.7 Å². The largest absolute Gasteiger partial charge is 0.481 e. The molecule has 2 aromatic carbocycles. The summed E-state index contributed by atoms with van der Waals surface area (Å²) in [6.07, 6.45) is 6.92. The van der Waals surface area contributed by atoms with E-state index in [1.807, 2.05) is 12.1 Å². The van der Waals surface area contributed by atoms with Gasteiger partial charge in [-0.3, -0.25) is 4.79 Å². The van der Waals surface area contributed by atoms with E-state index in [1.165, 1.54) is 0 Å². The number of nitriles is 1. The van der Waals surface area contributed by atoms with Gasteiger partial charge >= 0.3 is 0 Å². The topological polar surface area (TPSA) is 62.1 Å². The summed E-state index contributed by atoms with van der Waals surface area (Å²) in [6.45, 7) is 0.214. The number of allylic oxidation sites excluding steroid dienone is 1. The summed E-state index contributed by atoms with van der Waals surface area (Å²) in [4.78, 5) is 11.3. The lowest BCUT2D eigenvalue weighted by Crippen LogP contribution is -2.12. The molecule has 0 aliphatic heterocycles. The zero-order valence-corrected chi connectivity index (χ0v) is 14.1. The molecule has 0 radical (unpaired) electrons. The molecular formula is C20H15ClN2O2. The van der Waals surface area contributed by atoms with Gasteiger partial charge in [0, 0.05) is 5.69 Å². The predicted molar refractivity (Wildman–Crippen MR) is 100 cm³/mol. The summed E-state index contributed by atoms with van der Waals surface area (Å²) >= 11 is 5.45. The van der Waals surface area contributed by atoms with Gasteiger partial charge in [-0.25, -0.2) is 0 Å². The zero-order valence-electron chi connectivity index (χ0n) is 13.3. The fourth-order valence-corrected chi connectivity index (χ4v) is 2.13. The van der Waals surface area contributed by atoms with E-state index < -0.39 is 0 Å². The molecule has 4 nitrogen and oxygen atoms in total. The summed E-state index contributed by atoms with van der Waals surface area (Å²) in [6, 6.07) is 16.4. The van der Waals surface area contributed by atoms with E-state index in [0.29, 0.717) is 17.0 Å². The molecular weight excluding hydrogens is 336 g/mol. The SMILES string of the molecule is C#CCOc1ccc(/C=C(\C#N)c2ccc(NC(=O)CCl)cc2)cc1. The van der Waals surface area contributed by atoms with Crippen molar-refractivity contribution in [2.45, 2.75) is 0 Å². The van der Waals surface area contributed by atoms with Crippen molar-refractivity contribution in [2.24, 2.45) is 0 Å². The summed E-state index contributed by atoms with van der Waals surface area (Å²) in [7, 11) is 0. The molecule has 0 heterocycles. The Hall–Kier alpha value is -3.21. The van der Waals surface area contributed by atoms with Crippen LogP contribution < -0.4 is 10.1 Å². The van der Waals surface area contributed by atoms with Gasteiger partial charge in [-0.15, -0.1) is 18.0 Å². The van der Waals surface area contributed by atoms with Gasteiger partial charge in [0.15, 0.2) is 0 Å². The van der Waals surface area contributed by atoms with E-state index in [0.717, 1.165) is 11.1 Å². The maximum absolute atomic E-state index is 11.3. The molecule has 0 aromatic heterocycles. The number of hydrogen-bond donors (Lipinski definition) is 1. The molecule has 0 spiro atoms. The molecule has 0 aliphatic carbocycles. The van der Waals surface area contributed by atoms with Crippen molar-refractivity contribution < 1.29 is 9.53 Å². The van der Waals surface area contributed by atoms with Crippen LogP contribution in [0.3, 0.4) is 0 Å². The van der Waals surface area contributed by atoms with E-state index in [1.54, 1.807) is 42.5 Å². The second-order valence-electron chi connectivity index (χ2n) is 4.99. The number of carbonyl (C=O) groups is 1. The van der Waals surface area contributed by atoms with Crippen molar-refractivity contribution in [3.63, 3.8) is 0 Å². The van der Waals surface area contributed by atoms with Gasteiger partial charge < -0.3 is 10.1 Å². The predicted octanol–water partition coefficient (Wildman–Crippen LogP) is 3.94. The third kappa shape index (κ3) is 5.42. The van der Waals surface area contributed by atoms with Crippen LogP contribution >= 0.6 is 11.6 Å². The molecule has 1 N–H and O–H groups in total. The Morgan fingerprint density at radius 2 is 1.88 bits per heavy atom. The maximum Gasteiger partial charge on any atom is 0.239 e. The van der Waals surface area contributed by atoms with Gasteiger partial charge in [0.1, 0.15) is 18.2 Å². The Morgan fingerprint density at radius 3 is 2.44 bits per heavy atom. The average Bonchev–Trinajstić information content (AvgIpc) is 2.66. The summed E-state index contributed by atoms with van der Waals surface area (Å²) in [5.41, 5.74) is 2.75. The minimum Gasteiger partial charge on any atom is -0.481 e. The smallest absolute Gasteiger partial charge is 0.239 e. The summed E-state index contributed by atoms with van der Waals surface area (Å²) in [5.74, 6) is 2.69. The molecule has 0 aliphatic rings. The van der Waals surface area contributed by atoms with Crippen molar-refractivity contribution in [1.29, 1.82) is 5.26 Å². The molecule has 1 amide bonds. The van der Waals surface area contributed by atoms with Crippen LogP contribution in [0.15, 0.2) is 48.5 Å². The highest BCUT2D eigenvalue weighted by molar-refractivity contribution is 6.29. The second kappa shape index (κ2) is 9.17. The Bertz CT molecular complexity index is 841. The van der Waals surface area contributed by atoms with E-state index in [2.05, 4.69) is 17.3 Å². The molecule has 25 heavy (non-hydrogen) atoms. The summed E-state index contributed by atoms with van der Waals surface area (Å²) < 4.78 is 5.31. The van der Waals surface area contributed by atoms with Crippen LogP contribution in [-0.2, 0) is 4.79 Å². The Morgan fingerprint density at radius 1 is 1.20 bits per heavy atom. The molecule has 2 rings (SSSR count). The zero-order chi connectivity index (χ0) is 18.1. The molecule has 0 saturated carbocycles. The van der Waals surface area contributed by atoms with Gasteiger partial charge in [-0.05, 0) is 41.5 Å². The lowest BCUT2D eigenvalue weighted by atomic mass is 10.0. The van der Waals surface area contributed by atoms with Crippen LogP contribution in [0.5, 0.6) is 5.75 Å². The monoisotopic (exact) mass is 350 g/mol. The van der Waals surface area contributed by atoms with E-state index in [9.17, 15) is 10.1 Å². The quantitative estimate of drug-likeness (QED) is 0.371. The first-order valence-electron chi connectivity index (χ1n) is 7.40. The first kappa shape index (κ1) is 18.1. The highest BCUT2D eigenvalue weighted by atomic mass is 35.5. The number of anilines is 1. The van der Waals surface area contributed by atoms with Crippen LogP contribution in [0.25, 0.3) is 11.6 Å². The van der Waals surface area contributed by atoms with Crippen LogP contribution in [0, 0.1) is 23.7 Å². The van der Waals surface area contributed by atoms with E-state index in [-0.39, 0.29) is 18.4 Å². The lowest BCUT2D eigenvalue weighted by molar-refractivity contribution is -0.113. The first-order valence-corrected chi connectivity index (χ1v) is 7.94. The van der Waals surface area contributed by atoms with Crippen LogP contribution in [-0.4, -0.2) is 18.4 Å². The number of nitrogens with zero attached hydrogens (tertiary/aromatic N) is 1. The third-order valence-corrected chi connectivity index (χ3v) is 3.48. The summed E-state index contributed by atoms with van der Waals surface area (Å²) in [5, 5.41) is 12.1. The van der Waals surface area contributed by atoms with Crippen LogP contribution in [0.1, 0.15) is 11.1 Å². The lowest BCUT2D eigenvalue weighted by Gasteiger charge is -2.05. The van der Waals surface area contributed by atoms with Gasteiger partial charge in [0.05, 0.1) is 11.6 Å². The molecule has 0 fully saturated rings. The Balaban J connectivity index is 2.16. The third-order valence-electron chi connectivity index (χ3n) is 3.23. The molecule has 5 heteroatoms. The fraction of sp³-hybridized carbons (Fsp3) is 0.100. The van der Waals surface area contributed by atoms with Crippen molar-refractivity contribution in [2.75, 3.05) is 17.8 Å². The number of terminal acetylenes is 1. The number of carbonyl (C=O) groups excluding carboxylic acids is 1. The number of benzene rings is 2. The van der Waals surface area contributed by atoms with Crippen molar-refractivity contribution >= 4 is 34.8 Å². The van der Waals surface area contributed by atoms with Crippen LogP contribution in [0.4, 0.5) is 5.69 Å². The highest BCUT2D eigenvalue weighted by Crippen LogP contribution is 2.21. The molecule has 0 atom stereocenters. The van der Waals surface area contributed by atoms with E-state index >= 15 is 0 Å². The molecule has 0 saturated heterocycles. The molecule has 2 aromatic rings. The van der Waals surface area contributed by atoms with E-state index in [4.69, 9.17) is 22.8 Å². The Kier molecular flexibility index (Phi) is 6.65. The fourth-order valence-electron chi connectivity index (χ4n) is 2.06. The van der Waals surface area contributed by atoms with Gasteiger partial charge in [0.2, 0.25) is 5.91 Å². The van der Waals surface area contributed by atoms with Crippen molar-refractivity contribution in [3.8, 4) is 24.2 Å². The first-order chi connectivity index (χ1) is 12.2. The number of nitrogens with one attached hydrogen (secondary N) is 1. The van der Waals surface area contributed by atoms with Gasteiger partial charge in [-0.2, -0.15) is 5.26 Å². The standard InChI is InChI=1S/C20H15ClN2O2/c1-2-11-25-19-9-3-15(4-10-19)12-17(14-22)16-5-7-18(8-6-16)23-20(24)13-21/h1,3-10,12H,11,13H2,(H,23,24)/b17-12+. The normalized spacial score (nSPS) is 10.4. The number of hydrogen-bond acceptors (Lipinski definition) is 3. The van der Waals surface area contributed by atoms with Crippen molar-refractivity contribution in [1.82, 2.24) is 0 Å². The number of halogens is 1. The molecule has 0 unspecified atom stereocenters. The number of rotatable bonds is 6. The number of amides is 1. The minimum absolute atomic E-state index is 0.105. The molecule has 124 valence electrons.